The van der Waals surface area contributed by atoms with E-state index in [0.29, 0.717) is 17.5 Å². The molecule has 6 nitrogen and oxygen atoms in total. The fourth-order valence-corrected chi connectivity index (χ4v) is 3.13. The molecular formula is C16H21ClN4O2. The first-order chi connectivity index (χ1) is 11.2. The lowest BCUT2D eigenvalue weighted by molar-refractivity contribution is -0.122. The van der Waals surface area contributed by atoms with Crippen LogP contribution in [-0.4, -0.2) is 40.2 Å². The Morgan fingerprint density at radius 2 is 2.43 bits per heavy atom. The van der Waals surface area contributed by atoms with Gasteiger partial charge >= 0.3 is 0 Å². The zero-order valence-corrected chi connectivity index (χ0v) is 13.7. The summed E-state index contributed by atoms with van der Waals surface area (Å²) < 4.78 is 6.95. The molecule has 0 saturated carbocycles. The van der Waals surface area contributed by atoms with E-state index in [4.69, 9.17) is 16.0 Å². The van der Waals surface area contributed by atoms with Crippen LogP contribution >= 0.6 is 11.6 Å². The first-order valence-electron chi connectivity index (χ1n) is 7.88. The van der Waals surface area contributed by atoms with E-state index < -0.39 is 0 Å². The first kappa shape index (κ1) is 16.1. The van der Waals surface area contributed by atoms with Gasteiger partial charge in [-0.25, -0.2) is 0 Å². The second-order valence-corrected chi connectivity index (χ2v) is 6.42. The number of halogens is 1. The van der Waals surface area contributed by atoms with Crippen molar-refractivity contribution in [1.29, 1.82) is 0 Å². The fraction of sp³-hybridized carbons (Fsp3) is 0.500. The maximum Gasteiger partial charge on any atom is 0.241 e. The monoisotopic (exact) mass is 336 g/mol. The molecule has 1 atom stereocenters. The molecule has 23 heavy (non-hydrogen) atoms. The molecule has 124 valence electrons. The van der Waals surface area contributed by atoms with Gasteiger partial charge in [-0.05, 0) is 37.4 Å². The van der Waals surface area contributed by atoms with Crippen molar-refractivity contribution >= 4 is 17.5 Å². The minimum Gasteiger partial charge on any atom is -0.468 e. The summed E-state index contributed by atoms with van der Waals surface area (Å²) >= 11 is 5.79. The van der Waals surface area contributed by atoms with E-state index in [0.717, 1.165) is 38.2 Å². The second-order valence-electron chi connectivity index (χ2n) is 5.98. The Kier molecular flexibility index (Phi) is 5.35. The van der Waals surface area contributed by atoms with Crippen molar-refractivity contribution in [3.63, 3.8) is 0 Å². The van der Waals surface area contributed by atoms with Crippen LogP contribution in [0.5, 0.6) is 0 Å². The van der Waals surface area contributed by atoms with Crippen LogP contribution in [0.1, 0.15) is 18.6 Å². The average Bonchev–Trinajstić information content (AvgIpc) is 3.18. The molecule has 2 aromatic rings. The quantitative estimate of drug-likeness (QED) is 0.878. The number of piperidine rings is 1. The van der Waals surface area contributed by atoms with Crippen molar-refractivity contribution in [2.24, 2.45) is 5.92 Å². The number of nitrogens with one attached hydrogen (secondary N) is 1. The van der Waals surface area contributed by atoms with Crippen molar-refractivity contribution in [3.05, 3.63) is 41.6 Å². The Hall–Kier alpha value is -1.79. The summed E-state index contributed by atoms with van der Waals surface area (Å²) in [6.07, 6.45) is 7.17. The maximum atomic E-state index is 12.0. The molecule has 0 bridgehead atoms. The molecule has 0 aromatic carbocycles. The van der Waals surface area contributed by atoms with Crippen LogP contribution in [0.4, 0.5) is 0 Å². The van der Waals surface area contributed by atoms with Crippen molar-refractivity contribution in [2.45, 2.75) is 25.9 Å². The predicted octanol–water partition coefficient (Wildman–Crippen LogP) is 2.16. The third-order valence-corrected chi connectivity index (χ3v) is 4.25. The number of carbonyl (C=O) groups excluding carboxylic acids is 1. The van der Waals surface area contributed by atoms with Crippen LogP contribution in [0.25, 0.3) is 0 Å². The molecular weight excluding hydrogens is 316 g/mol. The second kappa shape index (κ2) is 7.66. The highest BCUT2D eigenvalue weighted by Gasteiger charge is 2.21. The molecule has 1 N–H and O–H groups in total. The van der Waals surface area contributed by atoms with Gasteiger partial charge in [-0.3, -0.25) is 14.4 Å². The summed E-state index contributed by atoms with van der Waals surface area (Å²) in [7, 11) is 0. The zero-order valence-electron chi connectivity index (χ0n) is 12.9. The van der Waals surface area contributed by atoms with Gasteiger partial charge in [0.05, 0.1) is 24.0 Å². The lowest BCUT2D eigenvalue weighted by atomic mass is 9.98. The van der Waals surface area contributed by atoms with E-state index in [1.807, 2.05) is 12.1 Å². The van der Waals surface area contributed by atoms with Gasteiger partial charge in [0.25, 0.3) is 0 Å². The van der Waals surface area contributed by atoms with Crippen LogP contribution in [0.15, 0.2) is 35.2 Å². The molecule has 0 spiro atoms. The Bertz CT molecular complexity index is 626. The Morgan fingerprint density at radius 3 is 3.17 bits per heavy atom. The lowest BCUT2D eigenvalue weighted by Gasteiger charge is -2.32. The molecule has 1 aliphatic rings. The van der Waals surface area contributed by atoms with Crippen LogP contribution in [0, 0.1) is 5.92 Å². The number of furan rings is 1. The highest BCUT2D eigenvalue weighted by Crippen LogP contribution is 2.18. The molecule has 1 unspecified atom stereocenters. The lowest BCUT2D eigenvalue weighted by Crippen LogP contribution is -2.41. The van der Waals surface area contributed by atoms with Gasteiger partial charge in [0.15, 0.2) is 0 Å². The molecule has 1 aliphatic heterocycles. The third-order valence-electron chi connectivity index (χ3n) is 4.06. The number of nitrogens with zero attached hydrogens (tertiary/aromatic N) is 3. The number of hydrogen-bond acceptors (Lipinski definition) is 4. The van der Waals surface area contributed by atoms with Crippen molar-refractivity contribution < 1.29 is 9.21 Å². The largest absolute Gasteiger partial charge is 0.468 e. The zero-order chi connectivity index (χ0) is 16.1. The van der Waals surface area contributed by atoms with E-state index in [1.165, 1.54) is 6.20 Å². The van der Waals surface area contributed by atoms with E-state index >= 15 is 0 Å². The summed E-state index contributed by atoms with van der Waals surface area (Å²) in [6.45, 7) is 3.80. The number of rotatable bonds is 6. The number of amides is 1. The minimum absolute atomic E-state index is 0.0343. The highest BCUT2D eigenvalue weighted by atomic mass is 35.5. The Morgan fingerprint density at radius 1 is 1.52 bits per heavy atom. The third kappa shape index (κ3) is 4.84. The standard InChI is InChI=1S/C16H21ClN4O2/c17-14-8-19-21(10-14)12-16(22)18-7-13-3-1-5-20(9-13)11-15-4-2-6-23-15/h2,4,6,8,10,13H,1,3,5,7,9,11-12H2,(H,18,22). The summed E-state index contributed by atoms with van der Waals surface area (Å²) in [5, 5.41) is 7.55. The molecule has 7 heteroatoms. The van der Waals surface area contributed by atoms with Gasteiger partial charge in [-0.15, -0.1) is 0 Å². The van der Waals surface area contributed by atoms with Crippen LogP contribution < -0.4 is 5.32 Å². The maximum absolute atomic E-state index is 12.0. The number of hydrogen-bond donors (Lipinski definition) is 1. The summed E-state index contributed by atoms with van der Waals surface area (Å²) in [6, 6.07) is 3.92. The molecule has 0 aliphatic carbocycles. The fourth-order valence-electron chi connectivity index (χ4n) is 2.97. The summed E-state index contributed by atoms with van der Waals surface area (Å²) in [4.78, 5) is 14.3. The van der Waals surface area contributed by atoms with Crippen LogP contribution in [0.3, 0.4) is 0 Å². The highest BCUT2D eigenvalue weighted by molar-refractivity contribution is 6.30. The topological polar surface area (TPSA) is 63.3 Å². The molecule has 1 fully saturated rings. The van der Waals surface area contributed by atoms with Crippen LogP contribution in [0.2, 0.25) is 5.02 Å². The molecule has 0 radical (unpaired) electrons. The van der Waals surface area contributed by atoms with E-state index in [2.05, 4.69) is 15.3 Å². The van der Waals surface area contributed by atoms with Gasteiger partial charge in [-0.2, -0.15) is 5.10 Å². The van der Waals surface area contributed by atoms with Crippen molar-refractivity contribution in [3.8, 4) is 0 Å². The molecule has 1 amide bonds. The SMILES string of the molecule is O=C(Cn1cc(Cl)cn1)NCC1CCCN(Cc2ccco2)C1. The number of aromatic nitrogens is 2. The van der Waals surface area contributed by atoms with Crippen molar-refractivity contribution in [1.82, 2.24) is 20.0 Å². The summed E-state index contributed by atoms with van der Waals surface area (Å²) in [5.41, 5.74) is 0. The minimum atomic E-state index is -0.0343. The van der Waals surface area contributed by atoms with Gasteiger partial charge in [-0.1, -0.05) is 11.6 Å². The van der Waals surface area contributed by atoms with Crippen LogP contribution in [-0.2, 0) is 17.9 Å². The first-order valence-corrected chi connectivity index (χ1v) is 8.26. The van der Waals surface area contributed by atoms with Crippen molar-refractivity contribution in [2.75, 3.05) is 19.6 Å². The van der Waals surface area contributed by atoms with E-state index in [9.17, 15) is 4.79 Å². The normalized spacial score (nSPS) is 18.9. The van der Waals surface area contributed by atoms with Gasteiger partial charge < -0.3 is 9.73 Å². The summed E-state index contributed by atoms with van der Waals surface area (Å²) in [5.74, 6) is 1.43. The smallest absolute Gasteiger partial charge is 0.241 e. The van der Waals surface area contributed by atoms with E-state index in [-0.39, 0.29) is 12.5 Å². The molecule has 2 aromatic heterocycles. The number of carbonyl (C=O) groups is 1. The predicted molar refractivity (Wildman–Crippen MR) is 87.0 cm³/mol. The molecule has 3 heterocycles. The Labute approximate surface area is 140 Å². The molecule has 3 rings (SSSR count). The van der Waals surface area contributed by atoms with Gasteiger partial charge in [0, 0.05) is 19.3 Å². The Balaban J connectivity index is 1.41. The molecule has 1 saturated heterocycles. The average molecular weight is 337 g/mol. The van der Waals surface area contributed by atoms with E-state index in [1.54, 1.807) is 17.1 Å². The van der Waals surface area contributed by atoms with Gasteiger partial charge in [0.2, 0.25) is 5.91 Å². The van der Waals surface area contributed by atoms with Gasteiger partial charge in [0.1, 0.15) is 12.3 Å². The number of likely N-dealkylation sites (tertiary alicyclic amines) is 1.